The monoisotopic (exact) mass is 324 g/mol. The zero-order chi connectivity index (χ0) is 17.9. The average molecular weight is 324 g/mol. The number of carbonyl (C=O) groups excluding carboxylic acids is 2. The van der Waals surface area contributed by atoms with Crippen molar-refractivity contribution in [1.82, 2.24) is 0 Å². The summed E-state index contributed by atoms with van der Waals surface area (Å²) in [4.78, 5) is 22.9. The third-order valence-corrected chi connectivity index (χ3v) is 5.29. The maximum absolute atomic E-state index is 11.6. The van der Waals surface area contributed by atoms with Crippen LogP contribution in [0.2, 0.25) is 0 Å². The van der Waals surface area contributed by atoms with Gasteiger partial charge in [-0.3, -0.25) is 9.59 Å². The van der Waals surface area contributed by atoms with Crippen molar-refractivity contribution in [3.8, 4) is 0 Å². The normalized spacial score (nSPS) is 29.2. The largest absolute Gasteiger partial charge is 0.459 e. The van der Waals surface area contributed by atoms with E-state index in [2.05, 4.69) is 20.4 Å². The maximum Gasteiger partial charge on any atom is 0.303 e. The van der Waals surface area contributed by atoms with Crippen LogP contribution in [0.1, 0.15) is 73.6 Å². The average Bonchev–Trinajstić information content (AvgIpc) is 2.35. The molecule has 0 bridgehead atoms. The summed E-state index contributed by atoms with van der Waals surface area (Å²) in [7, 11) is 0. The number of esters is 2. The van der Waals surface area contributed by atoms with Gasteiger partial charge in [-0.15, -0.1) is 0 Å². The Morgan fingerprint density at radius 1 is 1.22 bits per heavy atom. The first-order valence-electron chi connectivity index (χ1n) is 8.47. The third-order valence-electron chi connectivity index (χ3n) is 5.29. The summed E-state index contributed by atoms with van der Waals surface area (Å²) in [6.07, 6.45) is 6.20. The number of hydrogen-bond acceptors (Lipinski definition) is 4. The summed E-state index contributed by atoms with van der Waals surface area (Å²) in [5.74, 6) is -0.331. The quantitative estimate of drug-likeness (QED) is 0.536. The third kappa shape index (κ3) is 5.08. The van der Waals surface area contributed by atoms with Crippen LogP contribution in [0.15, 0.2) is 12.7 Å². The van der Waals surface area contributed by atoms with Crippen LogP contribution in [0.3, 0.4) is 0 Å². The molecule has 1 unspecified atom stereocenters. The highest BCUT2D eigenvalue weighted by atomic mass is 16.6. The summed E-state index contributed by atoms with van der Waals surface area (Å²) >= 11 is 0. The first kappa shape index (κ1) is 19.7. The second-order valence-corrected chi connectivity index (χ2v) is 7.95. The van der Waals surface area contributed by atoms with Gasteiger partial charge in [0.05, 0.1) is 0 Å². The predicted octanol–water partition coefficient (Wildman–Crippen LogP) is 4.42. The van der Waals surface area contributed by atoms with E-state index in [0.717, 1.165) is 25.7 Å². The second-order valence-electron chi connectivity index (χ2n) is 7.95. The highest BCUT2D eigenvalue weighted by Gasteiger charge is 2.49. The number of ether oxygens (including phenoxy) is 2. The van der Waals surface area contributed by atoms with Gasteiger partial charge in [0, 0.05) is 19.8 Å². The molecule has 0 radical (unpaired) electrons. The van der Waals surface area contributed by atoms with Crippen molar-refractivity contribution >= 4 is 11.9 Å². The van der Waals surface area contributed by atoms with Gasteiger partial charge in [0.2, 0.25) is 0 Å². The molecule has 0 spiro atoms. The maximum atomic E-state index is 11.6. The molecule has 3 atom stereocenters. The minimum absolute atomic E-state index is 0.0702. The zero-order valence-corrected chi connectivity index (χ0v) is 15.5. The molecule has 1 saturated carbocycles. The Kier molecular flexibility index (Phi) is 6.06. The van der Waals surface area contributed by atoms with Gasteiger partial charge in [-0.05, 0) is 57.4 Å². The van der Waals surface area contributed by atoms with Crippen molar-refractivity contribution in [2.75, 3.05) is 0 Å². The molecule has 1 rings (SSSR count). The highest BCUT2D eigenvalue weighted by molar-refractivity contribution is 5.67. The lowest BCUT2D eigenvalue weighted by Crippen LogP contribution is -2.50. The minimum atomic E-state index is -0.684. The molecular weight excluding hydrogens is 292 g/mol. The van der Waals surface area contributed by atoms with Crippen LogP contribution in [-0.4, -0.2) is 23.1 Å². The standard InChI is InChI=1S/C19H32O4/c1-8-18(6,22-14(2)20)13-10-16-17(4,5)11-9-12-19(16,7)23-15(3)21/h8,16H,1,9-13H2,2-7H3/t16-,18?,19-/m0/s1. The molecule has 0 aromatic heterocycles. The summed E-state index contributed by atoms with van der Waals surface area (Å²) in [5, 5.41) is 0. The first-order valence-corrected chi connectivity index (χ1v) is 8.47. The van der Waals surface area contributed by atoms with E-state index in [0.29, 0.717) is 6.42 Å². The van der Waals surface area contributed by atoms with E-state index in [1.165, 1.54) is 13.8 Å². The molecule has 0 N–H and O–H groups in total. The number of rotatable bonds is 6. The van der Waals surface area contributed by atoms with E-state index in [1.54, 1.807) is 6.08 Å². The molecule has 4 heteroatoms. The zero-order valence-electron chi connectivity index (χ0n) is 15.5. The lowest BCUT2D eigenvalue weighted by Gasteiger charge is -2.50. The van der Waals surface area contributed by atoms with Crippen LogP contribution in [0.5, 0.6) is 0 Å². The fourth-order valence-electron chi connectivity index (χ4n) is 4.17. The van der Waals surface area contributed by atoms with E-state index in [-0.39, 0.29) is 23.3 Å². The molecule has 1 fully saturated rings. The Labute approximate surface area is 140 Å². The lowest BCUT2D eigenvalue weighted by molar-refractivity contribution is -0.176. The topological polar surface area (TPSA) is 52.6 Å². The van der Waals surface area contributed by atoms with Crippen molar-refractivity contribution in [3.63, 3.8) is 0 Å². The predicted molar refractivity (Wildman–Crippen MR) is 90.9 cm³/mol. The van der Waals surface area contributed by atoms with E-state index in [1.807, 2.05) is 13.8 Å². The summed E-state index contributed by atoms with van der Waals surface area (Å²) in [6.45, 7) is 15.1. The van der Waals surface area contributed by atoms with Gasteiger partial charge in [-0.25, -0.2) is 0 Å². The van der Waals surface area contributed by atoms with Crippen molar-refractivity contribution in [3.05, 3.63) is 12.7 Å². The van der Waals surface area contributed by atoms with Crippen molar-refractivity contribution in [2.45, 2.75) is 84.8 Å². The smallest absolute Gasteiger partial charge is 0.303 e. The van der Waals surface area contributed by atoms with Gasteiger partial charge in [0.25, 0.3) is 0 Å². The highest BCUT2D eigenvalue weighted by Crippen LogP contribution is 2.50. The van der Waals surface area contributed by atoms with Crippen LogP contribution in [0.25, 0.3) is 0 Å². The molecule has 0 aromatic rings. The van der Waals surface area contributed by atoms with Gasteiger partial charge >= 0.3 is 11.9 Å². The first-order chi connectivity index (χ1) is 10.4. The Hall–Kier alpha value is -1.32. The lowest BCUT2D eigenvalue weighted by atomic mass is 9.60. The van der Waals surface area contributed by atoms with E-state index >= 15 is 0 Å². The second kappa shape index (κ2) is 7.06. The van der Waals surface area contributed by atoms with Crippen molar-refractivity contribution < 1.29 is 19.1 Å². The van der Waals surface area contributed by atoms with Gasteiger partial charge in [0.15, 0.2) is 0 Å². The van der Waals surface area contributed by atoms with Crippen LogP contribution < -0.4 is 0 Å². The molecular formula is C19H32O4. The fraction of sp³-hybridized carbons (Fsp3) is 0.789. The van der Waals surface area contributed by atoms with Crippen LogP contribution in [0.4, 0.5) is 0 Å². The van der Waals surface area contributed by atoms with Crippen molar-refractivity contribution in [1.29, 1.82) is 0 Å². The Bertz CT molecular complexity index is 468. The molecule has 0 aliphatic heterocycles. The Balaban J connectivity index is 2.96. The van der Waals surface area contributed by atoms with E-state index in [4.69, 9.17) is 9.47 Å². The SMILES string of the molecule is C=CC(C)(CC[C@H]1C(C)(C)CCC[C@]1(C)OC(C)=O)OC(C)=O. The molecule has 1 aliphatic carbocycles. The molecule has 4 nitrogen and oxygen atoms in total. The van der Waals surface area contributed by atoms with Gasteiger partial charge in [-0.2, -0.15) is 0 Å². The minimum Gasteiger partial charge on any atom is -0.459 e. The number of carbonyl (C=O) groups is 2. The summed E-state index contributed by atoms with van der Waals surface area (Å²) in [5.41, 5.74) is -1.08. The van der Waals surface area contributed by atoms with Crippen LogP contribution >= 0.6 is 0 Å². The van der Waals surface area contributed by atoms with E-state index in [9.17, 15) is 9.59 Å². The van der Waals surface area contributed by atoms with Gasteiger partial charge in [0.1, 0.15) is 11.2 Å². The number of hydrogen-bond donors (Lipinski definition) is 0. The summed E-state index contributed by atoms with van der Waals surface area (Å²) in [6, 6.07) is 0. The van der Waals surface area contributed by atoms with E-state index < -0.39 is 11.2 Å². The fourth-order valence-corrected chi connectivity index (χ4v) is 4.17. The molecule has 0 heterocycles. The van der Waals surface area contributed by atoms with Crippen LogP contribution in [0, 0.1) is 11.3 Å². The molecule has 132 valence electrons. The molecule has 23 heavy (non-hydrogen) atoms. The van der Waals surface area contributed by atoms with Crippen LogP contribution in [-0.2, 0) is 19.1 Å². The van der Waals surface area contributed by atoms with Crippen molar-refractivity contribution in [2.24, 2.45) is 11.3 Å². The van der Waals surface area contributed by atoms with Gasteiger partial charge < -0.3 is 9.47 Å². The van der Waals surface area contributed by atoms with Gasteiger partial charge in [-0.1, -0.05) is 20.4 Å². The summed E-state index contributed by atoms with van der Waals surface area (Å²) < 4.78 is 11.2. The molecule has 0 amide bonds. The molecule has 0 saturated heterocycles. The molecule has 0 aromatic carbocycles. The molecule has 1 aliphatic rings. The Morgan fingerprint density at radius 2 is 1.83 bits per heavy atom. The Morgan fingerprint density at radius 3 is 2.30 bits per heavy atom.